The van der Waals surface area contributed by atoms with Crippen LogP contribution in [0.3, 0.4) is 0 Å². The third-order valence-electron chi connectivity index (χ3n) is 1.93. The van der Waals surface area contributed by atoms with Crippen LogP contribution < -0.4 is 0 Å². The standard InChI is InChI=1S/C8H14N2O4S/c1-7(6-9)15(13,14)10(2)5-3-4-8(11)12/h7H,3-5H2,1-2H3,(H,11,12). The summed E-state index contributed by atoms with van der Waals surface area (Å²) in [5, 5.41) is 15.7. The smallest absolute Gasteiger partial charge is 0.303 e. The molecule has 0 aliphatic rings. The largest absolute Gasteiger partial charge is 0.481 e. The van der Waals surface area contributed by atoms with E-state index in [9.17, 15) is 13.2 Å². The van der Waals surface area contributed by atoms with Crippen molar-refractivity contribution in [2.75, 3.05) is 13.6 Å². The predicted molar refractivity (Wildman–Crippen MR) is 53.5 cm³/mol. The Bertz CT molecular complexity index is 357. The monoisotopic (exact) mass is 234 g/mol. The van der Waals surface area contributed by atoms with Crippen molar-refractivity contribution in [3.63, 3.8) is 0 Å². The van der Waals surface area contributed by atoms with Crippen molar-refractivity contribution in [2.24, 2.45) is 0 Å². The molecule has 15 heavy (non-hydrogen) atoms. The van der Waals surface area contributed by atoms with Gasteiger partial charge in [-0.2, -0.15) is 5.26 Å². The number of carboxylic acids is 1. The topological polar surface area (TPSA) is 98.5 Å². The first kappa shape index (κ1) is 13.9. The third kappa shape index (κ3) is 4.27. The highest BCUT2D eigenvalue weighted by Gasteiger charge is 2.25. The summed E-state index contributed by atoms with van der Waals surface area (Å²) in [6.45, 7) is 1.41. The van der Waals surface area contributed by atoms with Gasteiger partial charge in [0, 0.05) is 20.0 Å². The van der Waals surface area contributed by atoms with Gasteiger partial charge in [-0.15, -0.1) is 0 Å². The van der Waals surface area contributed by atoms with Crippen LogP contribution in [0.1, 0.15) is 19.8 Å². The van der Waals surface area contributed by atoms with Gasteiger partial charge < -0.3 is 5.11 Å². The Morgan fingerprint density at radius 2 is 2.13 bits per heavy atom. The minimum Gasteiger partial charge on any atom is -0.481 e. The molecule has 0 rings (SSSR count). The zero-order chi connectivity index (χ0) is 12.1. The highest BCUT2D eigenvalue weighted by molar-refractivity contribution is 7.89. The second-order valence-electron chi connectivity index (χ2n) is 3.14. The average molecular weight is 234 g/mol. The van der Waals surface area contributed by atoms with E-state index in [0.717, 1.165) is 4.31 Å². The SMILES string of the molecule is CC(C#N)S(=O)(=O)N(C)CCCC(=O)O. The molecule has 0 spiro atoms. The van der Waals surface area contributed by atoms with Gasteiger partial charge in [-0.3, -0.25) is 4.79 Å². The van der Waals surface area contributed by atoms with Crippen LogP contribution >= 0.6 is 0 Å². The zero-order valence-corrected chi connectivity index (χ0v) is 9.49. The molecule has 0 fully saturated rings. The summed E-state index contributed by atoms with van der Waals surface area (Å²) < 4.78 is 24.0. The number of rotatable bonds is 6. The second kappa shape index (κ2) is 5.68. The van der Waals surface area contributed by atoms with Crippen molar-refractivity contribution in [2.45, 2.75) is 25.0 Å². The Labute approximate surface area is 89.2 Å². The molecule has 0 aliphatic heterocycles. The first-order valence-corrected chi connectivity index (χ1v) is 5.89. The molecule has 0 saturated carbocycles. The Morgan fingerprint density at radius 1 is 1.60 bits per heavy atom. The quantitative estimate of drug-likeness (QED) is 0.698. The summed E-state index contributed by atoms with van der Waals surface area (Å²) in [7, 11) is -2.27. The fourth-order valence-electron chi connectivity index (χ4n) is 0.917. The van der Waals surface area contributed by atoms with Crippen molar-refractivity contribution >= 4 is 16.0 Å². The molecule has 0 radical (unpaired) electrons. The van der Waals surface area contributed by atoms with Crippen LogP contribution in [0.15, 0.2) is 0 Å². The average Bonchev–Trinajstić information content (AvgIpc) is 2.15. The Kier molecular flexibility index (Phi) is 5.25. The molecule has 0 aromatic carbocycles. The number of aliphatic carboxylic acids is 1. The van der Waals surface area contributed by atoms with E-state index in [2.05, 4.69) is 0 Å². The number of hydrogen-bond acceptors (Lipinski definition) is 4. The van der Waals surface area contributed by atoms with Crippen molar-refractivity contribution in [3.8, 4) is 6.07 Å². The van der Waals surface area contributed by atoms with Crippen molar-refractivity contribution in [1.29, 1.82) is 5.26 Å². The van der Waals surface area contributed by atoms with E-state index in [4.69, 9.17) is 10.4 Å². The maximum atomic E-state index is 11.5. The number of nitrogens with zero attached hydrogens (tertiary/aromatic N) is 2. The van der Waals surface area contributed by atoms with Gasteiger partial charge in [0.15, 0.2) is 5.25 Å². The molecule has 0 heterocycles. The first-order valence-electron chi connectivity index (χ1n) is 4.39. The predicted octanol–water partition coefficient (Wildman–Crippen LogP) is 0.0249. The van der Waals surface area contributed by atoms with Crippen LogP contribution in [0.4, 0.5) is 0 Å². The molecule has 6 nitrogen and oxygen atoms in total. The van der Waals surface area contributed by atoms with Gasteiger partial charge in [-0.25, -0.2) is 12.7 Å². The Morgan fingerprint density at radius 3 is 2.53 bits per heavy atom. The molecule has 0 aromatic heterocycles. The number of nitriles is 1. The molecular weight excluding hydrogens is 220 g/mol. The molecule has 0 bridgehead atoms. The fraction of sp³-hybridized carbons (Fsp3) is 0.750. The van der Waals surface area contributed by atoms with Gasteiger partial charge in [-0.1, -0.05) is 0 Å². The lowest BCUT2D eigenvalue weighted by Gasteiger charge is -2.17. The van der Waals surface area contributed by atoms with Crippen LogP contribution in [-0.2, 0) is 14.8 Å². The summed E-state index contributed by atoms with van der Waals surface area (Å²) in [5.74, 6) is -0.964. The molecule has 1 atom stereocenters. The van der Waals surface area contributed by atoms with E-state index in [1.54, 1.807) is 6.07 Å². The minimum absolute atomic E-state index is 0.0825. The molecular formula is C8H14N2O4S. The van der Waals surface area contributed by atoms with E-state index >= 15 is 0 Å². The van der Waals surface area contributed by atoms with Gasteiger partial charge in [0.05, 0.1) is 6.07 Å². The summed E-state index contributed by atoms with van der Waals surface area (Å²) >= 11 is 0. The summed E-state index contributed by atoms with van der Waals surface area (Å²) in [6, 6.07) is 1.64. The maximum absolute atomic E-state index is 11.5. The molecule has 86 valence electrons. The first-order chi connectivity index (χ1) is 6.82. The van der Waals surface area contributed by atoms with Gasteiger partial charge in [-0.05, 0) is 13.3 Å². The second-order valence-corrected chi connectivity index (χ2v) is 5.50. The molecule has 7 heteroatoms. The van der Waals surface area contributed by atoms with E-state index in [1.807, 2.05) is 0 Å². The lowest BCUT2D eigenvalue weighted by atomic mass is 10.3. The van der Waals surface area contributed by atoms with Gasteiger partial charge in [0.2, 0.25) is 10.0 Å². The maximum Gasteiger partial charge on any atom is 0.303 e. The Hall–Kier alpha value is -1.13. The summed E-state index contributed by atoms with van der Waals surface area (Å²) in [4.78, 5) is 10.2. The van der Waals surface area contributed by atoms with Crippen LogP contribution in [0.2, 0.25) is 0 Å². The van der Waals surface area contributed by atoms with Crippen molar-refractivity contribution in [1.82, 2.24) is 4.31 Å². The summed E-state index contributed by atoms with van der Waals surface area (Å²) in [5.41, 5.74) is 0. The van der Waals surface area contributed by atoms with Crippen LogP contribution in [0.5, 0.6) is 0 Å². The van der Waals surface area contributed by atoms with E-state index < -0.39 is 21.2 Å². The van der Waals surface area contributed by atoms with Gasteiger partial charge in [0.1, 0.15) is 0 Å². The zero-order valence-electron chi connectivity index (χ0n) is 8.67. The third-order valence-corrected chi connectivity index (χ3v) is 3.98. The van der Waals surface area contributed by atoms with E-state index in [0.29, 0.717) is 0 Å². The van der Waals surface area contributed by atoms with Crippen LogP contribution in [0, 0.1) is 11.3 Å². The van der Waals surface area contributed by atoms with Gasteiger partial charge in [0.25, 0.3) is 0 Å². The highest BCUT2D eigenvalue weighted by Crippen LogP contribution is 2.07. The van der Waals surface area contributed by atoms with Crippen molar-refractivity contribution < 1.29 is 18.3 Å². The molecule has 0 aliphatic carbocycles. The molecule has 0 amide bonds. The molecule has 0 saturated heterocycles. The minimum atomic E-state index is -3.61. The normalized spacial score (nSPS) is 13.5. The fourth-order valence-corrected chi connectivity index (χ4v) is 1.97. The van der Waals surface area contributed by atoms with Gasteiger partial charge >= 0.3 is 5.97 Å². The number of carbonyl (C=O) groups is 1. The molecule has 0 aromatic rings. The molecule has 1 N–H and O–H groups in total. The number of hydrogen-bond donors (Lipinski definition) is 1. The van der Waals surface area contributed by atoms with E-state index in [1.165, 1.54) is 14.0 Å². The number of sulfonamides is 1. The number of carboxylic acid groups (broad SMARTS) is 1. The lowest BCUT2D eigenvalue weighted by molar-refractivity contribution is -0.137. The van der Waals surface area contributed by atoms with Crippen molar-refractivity contribution in [3.05, 3.63) is 0 Å². The van der Waals surface area contributed by atoms with E-state index in [-0.39, 0.29) is 19.4 Å². The Balaban J connectivity index is 4.28. The summed E-state index contributed by atoms with van der Waals surface area (Å²) in [6.07, 6.45) is 0.157. The van der Waals surface area contributed by atoms with Crippen LogP contribution in [-0.4, -0.2) is 42.6 Å². The molecule has 1 unspecified atom stereocenters. The highest BCUT2D eigenvalue weighted by atomic mass is 32.2. The lowest BCUT2D eigenvalue weighted by Crippen LogP contribution is -2.34. The van der Waals surface area contributed by atoms with Crippen LogP contribution in [0.25, 0.3) is 0 Å².